The second kappa shape index (κ2) is 7.39. The lowest BCUT2D eigenvalue weighted by Crippen LogP contribution is -2.36. The fraction of sp³-hybridized carbons (Fsp3) is 0.524. The van der Waals surface area contributed by atoms with Crippen molar-refractivity contribution in [2.24, 2.45) is 0 Å². The van der Waals surface area contributed by atoms with Crippen LogP contribution in [-0.2, 0) is 0 Å². The van der Waals surface area contributed by atoms with Crippen molar-refractivity contribution in [1.82, 2.24) is 19.8 Å². The van der Waals surface area contributed by atoms with Crippen LogP contribution in [0.2, 0.25) is 0 Å². The van der Waals surface area contributed by atoms with Gasteiger partial charge in [0.25, 0.3) is 0 Å². The van der Waals surface area contributed by atoms with Crippen molar-refractivity contribution in [1.29, 1.82) is 0 Å². The number of aromatic nitrogens is 2. The van der Waals surface area contributed by atoms with Crippen LogP contribution in [0.4, 0.5) is 0 Å². The third kappa shape index (κ3) is 3.13. The number of nitrogens with one attached hydrogen (secondary N) is 1. The average Bonchev–Trinajstić information content (AvgIpc) is 3.27. The molecular weight excluding hydrogens is 340 g/mol. The summed E-state index contributed by atoms with van der Waals surface area (Å²) in [5, 5.41) is 4.38. The Hall–Kier alpha value is -1.88. The van der Waals surface area contributed by atoms with Crippen LogP contribution in [0, 0.1) is 0 Å². The predicted octanol–water partition coefficient (Wildman–Crippen LogP) is 4.77. The zero-order valence-electron chi connectivity index (χ0n) is 15.6. The van der Waals surface area contributed by atoms with E-state index in [9.17, 15) is 0 Å². The van der Waals surface area contributed by atoms with E-state index in [1.807, 2.05) is 12.3 Å². The first-order valence-corrected chi connectivity index (χ1v) is 10.2. The van der Waals surface area contributed by atoms with E-state index in [4.69, 9.17) is 12.2 Å². The minimum atomic E-state index is 0.0864. The normalized spacial score (nSPS) is 24.3. The largest absolute Gasteiger partial charge is 0.352 e. The van der Waals surface area contributed by atoms with E-state index in [0.29, 0.717) is 12.1 Å². The van der Waals surface area contributed by atoms with Gasteiger partial charge in [0.15, 0.2) is 5.11 Å². The van der Waals surface area contributed by atoms with Gasteiger partial charge < -0.3 is 14.8 Å². The van der Waals surface area contributed by atoms with Crippen LogP contribution in [0.5, 0.6) is 0 Å². The lowest BCUT2D eigenvalue weighted by Gasteiger charge is -2.34. The van der Waals surface area contributed by atoms with Crippen molar-refractivity contribution < 1.29 is 0 Å². The van der Waals surface area contributed by atoms with E-state index in [-0.39, 0.29) is 12.1 Å². The van der Waals surface area contributed by atoms with E-state index in [0.717, 1.165) is 10.8 Å². The van der Waals surface area contributed by atoms with E-state index >= 15 is 0 Å². The summed E-state index contributed by atoms with van der Waals surface area (Å²) in [6.45, 7) is 4.44. The highest BCUT2D eigenvalue weighted by atomic mass is 32.1. The highest BCUT2D eigenvalue weighted by Gasteiger charge is 2.42. The van der Waals surface area contributed by atoms with Gasteiger partial charge in [0.1, 0.15) is 0 Å². The first-order chi connectivity index (χ1) is 12.7. The zero-order chi connectivity index (χ0) is 18.1. The molecule has 2 atom stereocenters. The first kappa shape index (κ1) is 17.5. The molecule has 1 saturated carbocycles. The molecule has 3 heterocycles. The Morgan fingerprint density at radius 3 is 2.62 bits per heavy atom. The maximum atomic E-state index is 5.72. The number of rotatable bonds is 4. The second-order valence-corrected chi connectivity index (χ2v) is 8.15. The Balaban J connectivity index is 1.75. The predicted molar refractivity (Wildman–Crippen MR) is 109 cm³/mol. The molecule has 4 nitrogen and oxygen atoms in total. The molecule has 2 aromatic heterocycles. The molecule has 1 saturated heterocycles. The van der Waals surface area contributed by atoms with Gasteiger partial charge in [-0.25, -0.2) is 0 Å². The lowest BCUT2D eigenvalue weighted by atomic mass is 9.94. The van der Waals surface area contributed by atoms with Crippen molar-refractivity contribution in [2.75, 3.05) is 0 Å². The Bertz CT molecular complexity index is 748. The van der Waals surface area contributed by atoms with Gasteiger partial charge in [-0.1, -0.05) is 25.3 Å². The molecule has 0 radical (unpaired) electrons. The summed E-state index contributed by atoms with van der Waals surface area (Å²) < 4.78 is 2.52. The third-order valence-corrected chi connectivity index (χ3v) is 6.10. The molecule has 0 spiro atoms. The van der Waals surface area contributed by atoms with E-state index in [2.05, 4.69) is 64.1 Å². The Morgan fingerprint density at radius 1 is 1.12 bits per heavy atom. The van der Waals surface area contributed by atoms with E-state index in [1.54, 1.807) is 0 Å². The molecule has 2 aliphatic rings. The summed E-state index contributed by atoms with van der Waals surface area (Å²) in [5.74, 6) is 0. The van der Waals surface area contributed by atoms with Crippen LogP contribution in [0.25, 0.3) is 0 Å². The van der Waals surface area contributed by atoms with Crippen molar-refractivity contribution in [3.63, 3.8) is 0 Å². The van der Waals surface area contributed by atoms with Crippen LogP contribution in [0.15, 0.2) is 42.7 Å². The molecule has 0 bridgehead atoms. The fourth-order valence-electron chi connectivity index (χ4n) is 4.59. The van der Waals surface area contributed by atoms with Gasteiger partial charge in [-0.15, -0.1) is 0 Å². The summed E-state index contributed by atoms with van der Waals surface area (Å²) in [5.41, 5.74) is 2.41. The SMILES string of the molecule is CC(C)N1C(=S)NC(c2ccccn2)C1c1cccn1C1CCCCC1. The van der Waals surface area contributed by atoms with Crippen LogP contribution >= 0.6 is 12.2 Å². The van der Waals surface area contributed by atoms with Crippen LogP contribution in [0.3, 0.4) is 0 Å². The number of nitrogens with zero attached hydrogens (tertiary/aromatic N) is 3. The Labute approximate surface area is 161 Å². The summed E-state index contributed by atoms with van der Waals surface area (Å²) in [6, 6.07) is 11.8. The van der Waals surface area contributed by atoms with Gasteiger partial charge in [-0.05, 0) is 63.2 Å². The maximum Gasteiger partial charge on any atom is 0.170 e. The monoisotopic (exact) mass is 368 g/mol. The summed E-state index contributed by atoms with van der Waals surface area (Å²) in [7, 11) is 0. The molecule has 0 amide bonds. The van der Waals surface area contributed by atoms with Crippen molar-refractivity contribution in [3.05, 3.63) is 54.1 Å². The molecule has 26 heavy (non-hydrogen) atoms. The highest BCUT2D eigenvalue weighted by Crippen LogP contribution is 2.42. The number of hydrogen-bond acceptors (Lipinski definition) is 2. The molecule has 1 N–H and O–H groups in total. The van der Waals surface area contributed by atoms with Gasteiger partial charge in [-0.2, -0.15) is 0 Å². The quantitative estimate of drug-likeness (QED) is 0.788. The first-order valence-electron chi connectivity index (χ1n) is 9.83. The topological polar surface area (TPSA) is 33.1 Å². The minimum Gasteiger partial charge on any atom is -0.352 e. The zero-order valence-corrected chi connectivity index (χ0v) is 16.5. The molecule has 1 aliphatic heterocycles. The lowest BCUT2D eigenvalue weighted by molar-refractivity contribution is 0.246. The standard InChI is InChI=1S/C21H28N4S/c1-15(2)25-20(19(23-21(25)26)17-11-6-7-13-22-17)18-12-8-14-24(18)16-9-4-3-5-10-16/h6-8,11-16,19-20H,3-5,9-10H2,1-2H3,(H,23,26). The molecular formula is C21H28N4S. The van der Waals surface area contributed by atoms with Gasteiger partial charge in [0, 0.05) is 30.2 Å². The molecule has 0 aromatic carbocycles. The van der Waals surface area contributed by atoms with Crippen LogP contribution in [-0.4, -0.2) is 25.6 Å². The van der Waals surface area contributed by atoms with Gasteiger partial charge in [0.2, 0.25) is 0 Å². The molecule has 1 aliphatic carbocycles. The maximum absolute atomic E-state index is 5.72. The summed E-state index contributed by atoms with van der Waals surface area (Å²) in [4.78, 5) is 6.98. The molecule has 2 aromatic rings. The summed E-state index contributed by atoms with van der Waals surface area (Å²) >= 11 is 5.72. The van der Waals surface area contributed by atoms with Gasteiger partial charge in [-0.3, -0.25) is 4.98 Å². The molecule has 5 heteroatoms. The minimum absolute atomic E-state index is 0.0864. The molecule has 2 unspecified atom stereocenters. The molecule has 2 fully saturated rings. The number of thiocarbonyl (C=S) groups is 1. The fourth-order valence-corrected chi connectivity index (χ4v) is 5.04. The Kier molecular flexibility index (Phi) is 4.98. The van der Waals surface area contributed by atoms with Crippen LogP contribution in [0.1, 0.15) is 75.5 Å². The van der Waals surface area contributed by atoms with Gasteiger partial charge >= 0.3 is 0 Å². The van der Waals surface area contributed by atoms with Gasteiger partial charge in [0.05, 0.1) is 17.8 Å². The van der Waals surface area contributed by atoms with Crippen molar-refractivity contribution in [3.8, 4) is 0 Å². The molecule has 4 rings (SSSR count). The van der Waals surface area contributed by atoms with E-state index < -0.39 is 0 Å². The highest BCUT2D eigenvalue weighted by molar-refractivity contribution is 7.80. The molecule has 138 valence electrons. The number of hydrogen-bond donors (Lipinski definition) is 1. The summed E-state index contributed by atoms with van der Waals surface area (Å²) in [6.07, 6.45) is 10.7. The van der Waals surface area contributed by atoms with Crippen LogP contribution < -0.4 is 5.32 Å². The average molecular weight is 369 g/mol. The van der Waals surface area contributed by atoms with E-state index in [1.165, 1.54) is 37.8 Å². The smallest absolute Gasteiger partial charge is 0.170 e. The number of pyridine rings is 1. The Morgan fingerprint density at radius 2 is 1.92 bits per heavy atom. The van der Waals surface area contributed by atoms with Crippen molar-refractivity contribution in [2.45, 2.75) is 70.1 Å². The third-order valence-electron chi connectivity index (χ3n) is 5.77. The second-order valence-electron chi connectivity index (χ2n) is 7.76. The van der Waals surface area contributed by atoms with Crippen molar-refractivity contribution >= 4 is 17.3 Å².